The van der Waals surface area contributed by atoms with E-state index in [1.807, 2.05) is 0 Å². The smallest absolute Gasteiger partial charge is 0.226 e. The van der Waals surface area contributed by atoms with Crippen LogP contribution >= 0.6 is 0 Å². The summed E-state index contributed by atoms with van der Waals surface area (Å²) < 4.78 is 5.53. The molecule has 1 aliphatic rings. The molecule has 1 amide bonds. The summed E-state index contributed by atoms with van der Waals surface area (Å²) in [5, 5.41) is 12.2. The van der Waals surface area contributed by atoms with E-state index >= 15 is 0 Å². The average molecular weight is 249 g/mol. The van der Waals surface area contributed by atoms with E-state index in [1.165, 1.54) is 0 Å². The van der Waals surface area contributed by atoms with E-state index in [1.54, 1.807) is 25.1 Å². The van der Waals surface area contributed by atoms with Crippen LogP contribution in [0.15, 0.2) is 18.2 Å². The summed E-state index contributed by atoms with van der Waals surface area (Å²) in [5.41, 5.74) is 1.47. The summed E-state index contributed by atoms with van der Waals surface area (Å²) in [6.45, 7) is 2.56. The van der Waals surface area contributed by atoms with Crippen molar-refractivity contribution in [2.75, 3.05) is 11.9 Å². The Labute approximate surface area is 107 Å². The Morgan fingerprint density at radius 3 is 3.00 bits per heavy atom. The molecular formula is C14H19NO3. The number of amides is 1. The van der Waals surface area contributed by atoms with Crippen LogP contribution in [0.4, 0.5) is 5.69 Å². The van der Waals surface area contributed by atoms with Gasteiger partial charge in [0.15, 0.2) is 0 Å². The number of hydrogen-bond acceptors (Lipinski definition) is 3. The van der Waals surface area contributed by atoms with Gasteiger partial charge in [0.25, 0.3) is 0 Å². The highest BCUT2D eigenvalue weighted by Crippen LogP contribution is 2.21. The van der Waals surface area contributed by atoms with Crippen molar-refractivity contribution in [1.82, 2.24) is 0 Å². The maximum Gasteiger partial charge on any atom is 0.226 e. The zero-order valence-corrected chi connectivity index (χ0v) is 10.6. The van der Waals surface area contributed by atoms with Crippen molar-refractivity contribution in [3.05, 3.63) is 23.8 Å². The molecule has 1 unspecified atom stereocenters. The van der Waals surface area contributed by atoms with Crippen LogP contribution in [0.3, 0.4) is 0 Å². The monoisotopic (exact) mass is 249 g/mol. The lowest BCUT2D eigenvalue weighted by Gasteiger charge is -2.21. The SMILES string of the molecule is Cc1cc(NC(=O)CC2CCCCO2)ccc1O. The number of ether oxygens (including phenoxy) is 1. The number of hydrogen-bond donors (Lipinski definition) is 2. The van der Waals surface area contributed by atoms with E-state index in [0.29, 0.717) is 12.1 Å². The molecule has 2 rings (SSSR count). The number of phenols is 1. The minimum absolute atomic E-state index is 0.0352. The fourth-order valence-corrected chi connectivity index (χ4v) is 2.12. The van der Waals surface area contributed by atoms with Gasteiger partial charge in [-0.15, -0.1) is 0 Å². The van der Waals surface area contributed by atoms with Gasteiger partial charge in [-0.3, -0.25) is 4.79 Å². The number of carbonyl (C=O) groups is 1. The van der Waals surface area contributed by atoms with Gasteiger partial charge >= 0.3 is 0 Å². The third kappa shape index (κ3) is 3.47. The van der Waals surface area contributed by atoms with Gasteiger partial charge in [0, 0.05) is 12.3 Å². The maximum absolute atomic E-state index is 11.8. The number of nitrogens with one attached hydrogen (secondary N) is 1. The number of carbonyl (C=O) groups excluding carboxylic acids is 1. The molecule has 2 N–H and O–H groups in total. The van der Waals surface area contributed by atoms with E-state index in [-0.39, 0.29) is 17.8 Å². The first-order valence-corrected chi connectivity index (χ1v) is 6.36. The Bertz CT molecular complexity index is 425. The predicted molar refractivity (Wildman–Crippen MR) is 69.7 cm³/mol. The lowest BCUT2D eigenvalue weighted by atomic mass is 10.1. The summed E-state index contributed by atoms with van der Waals surface area (Å²) in [5.74, 6) is 0.204. The molecule has 0 aromatic heterocycles. The molecule has 0 spiro atoms. The minimum atomic E-state index is -0.0352. The molecule has 0 saturated carbocycles. The molecule has 1 aromatic carbocycles. The second-order valence-electron chi connectivity index (χ2n) is 4.74. The third-order valence-corrected chi connectivity index (χ3v) is 3.17. The van der Waals surface area contributed by atoms with Crippen LogP contribution in [-0.4, -0.2) is 23.7 Å². The summed E-state index contributed by atoms with van der Waals surface area (Å²) in [6, 6.07) is 5.04. The van der Waals surface area contributed by atoms with Crippen molar-refractivity contribution in [3.63, 3.8) is 0 Å². The van der Waals surface area contributed by atoms with Crippen LogP contribution < -0.4 is 5.32 Å². The van der Waals surface area contributed by atoms with E-state index in [0.717, 1.165) is 31.4 Å². The fourth-order valence-electron chi connectivity index (χ4n) is 2.12. The van der Waals surface area contributed by atoms with Gasteiger partial charge < -0.3 is 15.2 Å². The van der Waals surface area contributed by atoms with Crippen molar-refractivity contribution >= 4 is 11.6 Å². The molecule has 1 heterocycles. The first-order valence-electron chi connectivity index (χ1n) is 6.36. The van der Waals surface area contributed by atoms with Gasteiger partial charge in [-0.2, -0.15) is 0 Å². The summed E-state index contributed by atoms with van der Waals surface area (Å²) in [4.78, 5) is 11.8. The Balaban J connectivity index is 1.88. The van der Waals surface area contributed by atoms with Gasteiger partial charge in [0.1, 0.15) is 5.75 Å². The Morgan fingerprint density at radius 2 is 2.33 bits per heavy atom. The van der Waals surface area contributed by atoms with E-state index in [2.05, 4.69) is 5.32 Å². The molecule has 98 valence electrons. The third-order valence-electron chi connectivity index (χ3n) is 3.17. The average Bonchev–Trinajstić information content (AvgIpc) is 2.35. The van der Waals surface area contributed by atoms with Gasteiger partial charge in [0.05, 0.1) is 12.5 Å². The molecule has 1 fully saturated rings. The summed E-state index contributed by atoms with van der Waals surface area (Å²) >= 11 is 0. The van der Waals surface area contributed by atoms with Gasteiger partial charge in [-0.25, -0.2) is 0 Å². The molecule has 18 heavy (non-hydrogen) atoms. The second kappa shape index (κ2) is 5.87. The number of aromatic hydroxyl groups is 1. The molecular weight excluding hydrogens is 230 g/mol. The molecule has 4 nitrogen and oxygen atoms in total. The largest absolute Gasteiger partial charge is 0.508 e. The number of anilines is 1. The summed E-state index contributed by atoms with van der Waals surface area (Å²) in [7, 11) is 0. The lowest BCUT2D eigenvalue weighted by Crippen LogP contribution is -2.25. The van der Waals surface area contributed by atoms with Gasteiger partial charge in [-0.05, 0) is 49.9 Å². The number of aryl methyl sites for hydroxylation is 1. The van der Waals surface area contributed by atoms with Gasteiger partial charge in [-0.1, -0.05) is 0 Å². The van der Waals surface area contributed by atoms with Crippen LogP contribution in [0.25, 0.3) is 0 Å². The van der Waals surface area contributed by atoms with Crippen molar-refractivity contribution in [3.8, 4) is 5.75 Å². The Kier molecular flexibility index (Phi) is 4.20. The molecule has 0 radical (unpaired) electrons. The molecule has 1 aliphatic heterocycles. The quantitative estimate of drug-likeness (QED) is 0.809. The summed E-state index contributed by atoms with van der Waals surface area (Å²) in [6.07, 6.45) is 3.64. The van der Waals surface area contributed by atoms with Crippen molar-refractivity contribution in [2.45, 2.75) is 38.7 Å². The zero-order chi connectivity index (χ0) is 13.0. The van der Waals surface area contributed by atoms with Crippen LogP contribution in [0, 0.1) is 6.92 Å². The van der Waals surface area contributed by atoms with E-state index in [9.17, 15) is 9.90 Å². The molecule has 0 aliphatic carbocycles. The number of phenolic OH excluding ortho intramolecular Hbond substituents is 1. The molecule has 1 aromatic rings. The standard InChI is InChI=1S/C14H19NO3/c1-10-8-11(5-6-13(10)16)15-14(17)9-12-4-2-3-7-18-12/h5-6,8,12,16H,2-4,7,9H2,1H3,(H,15,17). The highest BCUT2D eigenvalue weighted by atomic mass is 16.5. The zero-order valence-electron chi connectivity index (χ0n) is 10.6. The number of benzene rings is 1. The molecule has 4 heteroatoms. The van der Waals surface area contributed by atoms with Crippen LogP contribution in [0.2, 0.25) is 0 Å². The van der Waals surface area contributed by atoms with Crippen molar-refractivity contribution in [1.29, 1.82) is 0 Å². The highest BCUT2D eigenvalue weighted by Gasteiger charge is 2.17. The molecule has 0 bridgehead atoms. The topological polar surface area (TPSA) is 58.6 Å². The van der Waals surface area contributed by atoms with E-state index in [4.69, 9.17) is 4.74 Å². The molecule has 1 saturated heterocycles. The Morgan fingerprint density at radius 1 is 1.50 bits per heavy atom. The predicted octanol–water partition coefficient (Wildman–Crippen LogP) is 2.60. The fraction of sp³-hybridized carbons (Fsp3) is 0.500. The van der Waals surface area contributed by atoms with Crippen LogP contribution in [0.5, 0.6) is 5.75 Å². The Hall–Kier alpha value is -1.55. The van der Waals surface area contributed by atoms with Crippen molar-refractivity contribution < 1.29 is 14.6 Å². The number of rotatable bonds is 3. The molecule has 1 atom stereocenters. The van der Waals surface area contributed by atoms with Crippen molar-refractivity contribution in [2.24, 2.45) is 0 Å². The van der Waals surface area contributed by atoms with Crippen LogP contribution in [0.1, 0.15) is 31.2 Å². The maximum atomic E-state index is 11.8. The normalized spacial score (nSPS) is 19.5. The highest BCUT2D eigenvalue weighted by molar-refractivity contribution is 5.91. The first kappa shape index (κ1) is 12.9. The van der Waals surface area contributed by atoms with E-state index < -0.39 is 0 Å². The second-order valence-corrected chi connectivity index (χ2v) is 4.74. The minimum Gasteiger partial charge on any atom is -0.508 e. The first-order chi connectivity index (χ1) is 8.65. The van der Waals surface area contributed by atoms with Crippen LogP contribution in [-0.2, 0) is 9.53 Å². The van der Waals surface area contributed by atoms with Gasteiger partial charge in [0.2, 0.25) is 5.91 Å². The lowest BCUT2D eigenvalue weighted by molar-refractivity contribution is -0.119.